The Bertz CT molecular complexity index is 1300. The second-order valence-corrected chi connectivity index (χ2v) is 12.1. The molecule has 0 aliphatic carbocycles. The van der Waals surface area contributed by atoms with Crippen molar-refractivity contribution in [2.75, 3.05) is 38.0 Å². The molecule has 10 heteroatoms. The fourth-order valence-electron chi connectivity index (χ4n) is 4.06. The first kappa shape index (κ1) is 28.3. The van der Waals surface area contributed by atoms with Gasteiger partial charge in [-0.05, 0) is 53.9 Å². The highest BCUT2D eigenvalue weighted by atomic mass is 79.9. The van der Waals surface area contributed by atoms with Crippen molar-refractivity contribution in [2.24, 2.45) is 5.92 Å². The first-order valence-corrected chi connectivity index (χ1v) is 14.4. The summed E-state index contributed by atoms with van der Waals surface area (Å²) < 4.78 is 1.06. The van der Waals surface area contributed by atoms with Crippen LogP contribution in [0.3, 0.4) is 0 Å². The maximum Gasteiger partial charge on any atom is 0.313 e. The standard InChI is InChI=1S/C28H30BrClN4O3S/c1-18(2)16-31-26(35)23-15-21(7-9-24(23)30)32-27(36)28(37)34-13-11-33(12-14-34)17-22-8-10-25(38-22)19-3-5-20(29)6-4-19/h3-10,15,18H,11-14,16-17H2,1-2H3,(H,31,35)(H,32,36). The third-order valence-electron chi connectivity index (χ3n) is 6.16. The van der Waals surface area contributed by atoms with Crippen molar-refractivity contribution in [3.8, 4) is 10.4 Å². The summed E-state index contributed by atoms with van der Waals surface area (Å²) in [7, 11) is 0. The Labute approximate surface area is 240 Å². The van der Waals surface area contributed by atoms with Crippen LogP contribution in [0.1, 0.15) is 29.1 Å². The summed E-state index contributed by atoms with van der Waals surface area (Å²) in [6.45, 7) is 7.62. The van der Waals surface area contributed by atoms with Gasteiger partial charge in [0.1, 0.15) is 0 Å². The molecule has 2 aromatic carbocycles. The van der Waals surface area contributed by atoms with Gasteiger partial charge in [-0.1, -0.05) is 53.5 Å². The third-order valence-corrected chi connectivity index (χ3v) is 8.14. The highest BCUT2D eigenvalue weighted by Gasteiger charge is 2.26. The summed E-state index contributed by atoms with van der Waals surface area (Å²) in [6.07, 6.45) is 0. The van der Waals surface area contributed by atoms with E-state index in [2.05, 4.69) is 55.7 Å². The minimum absolute atomic E-state index is 0.253. The SMILES string of the molecule is CC(C)CNC(=O)c1cc(NC(=O)C(=O)N2CCN(Cc3ccc(-c4ccc(Br)cc4)s3)CC2)ccc1Cl. The van der Waals surface area contributed by atoms with Gasteiger partial charge in [0.15, 0.2) is 0 Å². The number of nitrogens with zero attached hydrogens (tertiary/aromatic N) is 2. The van der Waals surface area contributed by atoms with Crippen molar-refractivity contribution in [3.05, 3.63) is 74.5 Å². The van der Waals surface area contributed by atoms with Gasteiger partial charge in [0.05, 0.1) is 10.6 Å². The van der Waals surface area contributed by atoms with Gasteiger partial charge < -0.3 is 15.5 Å². The van der Waals surface area contributed by atoms with Crippen molar-refractivity contribution in [2.45, 2.75) is 20.4 Å². The molecule has 1 aliphatic rings. The zero-order valence-electron chi connectivity index (χ0n) is 21.3. The summed E-state index contributed by atoms with van der Waals surface area (Å²) in [4.78, 5) is 44.3. The number of benzene rings is 2. The monoisotopic (exact) mass is 616 g/mol. The molecule has 2 heterocycles. The molecule has 0 atom stereocenters. The van der Waals surface area contributed by atoms with Gasteiger partial charge in [-0.3, -0.25) is 19.3 Å². The van der Waals surface area contributed by atoms with Crippen LogP contribution in [0.15, 0.2) is 59.1 Å². The van der Waals surface area contributed by atoms with E-state index in [1.165, 1.54) is 27.5 Å². The van der Waals surface area contributed by atoms with E-state index >= 15 is 0 Å². The van der Waals surface area contributed by atoms with Gasteiger partial charge in [-0.15, -0.1) is 11.3 Å². The Morgan fingerprint density at radius 2 is 1.71 bits per heavy atom. The van der Waals surface area contributed by atoms with Crippen LogP contribution in [0.2, 0.25) is 5.02 Å². The molecule has 0 bridgehead atoms. The average Bonchev–Trinajstić information content (AvgIpc) is 3.37. The summed E-state index contributed by atoms with van der Waals surface area (Å²) in [5.74, 6) is -1.35. The number of thiophene rings is 1. The van der Waals surface area contributed by atoms with E-state index in [-0.39, 0.29) is 16.5 Å². The molecular weight excluding hydrogens is 588 g/mol. The van der Waals surface area contributed by atoms with Crippen LogP contribution < -0.4 is 10.6 Å². The number of carbonyl (C=O) groups excluding carboxylic acids is 3. The largest absolute Gasteiger partial charge is 0.352 e. The van der Waals surface area contributed by atoms with Crippen molar-refractivity contribution in [1.82, 2.24) is 15.1 Å². The molecule has 1 aliphatic heterocycles. The normalized spacial score (nSPS) is 14.0. The second-order valence-electron chi connectivity index (χ2n) is 9.59. The number of carbonyl (C=O) groups is 3. The first-order chi connectivity index (χ1) is 18.2. The number of nitrogens with one attached hydrogen (secondary N) is 2. The Hall–Kier alpha value is -2.72. The maximum absolute atomic E-state index is 12.8. The van der Waals surface area contributed by atoms with Crippen molar-refractivity contribution < 1.29 is 14.4 Å². The number of halogens is 2. The predicted octanol–water partition coefficient (Wildman–Crippen LogP) is 5.50. The van der Waals surface area contributed by atoms with Crippen LogP contribution >= 0.6 is 38.9 Å². The molecule has 0 radical (unpaired) electrons. The smallest absolute Gasteiger partial charge is 0.313 e. The Morgan fingerprint density at radius 3 is 2.39 bits per heavy atom. The summed E-state index contributed by atoms with van der Waals surface area (Å²) in [6, 6.07) is 17.2. The number of hydrogen-bond acceptors (Lipinski definition) is 5. The quantitative estimate of drug-likeness (QED) is 0.343. The molecule has 0 spiro atoms. The lowest BCUT2D eigenvalue weighted by molar-refractivity contribution is -0.144. The van der Waals surface area contributed by atoms with Crippen LogP contribution in [0.25, 0.3) is 10.4 Å². The third kappa shape index (κ3) is 7.44. The lowest BCUT2D eigenvalue weighted by Gasteiger charge is -2.34. The molecule has 0 saturated carbocycles. The summed E-state index contributed by atoms with van der Waals surface area (Å²) in [5.41, 5.74) is 1.79. The van der Waals surface area contributed by atoms with Crippen LogP contribution in [-0.2, 0) is 16.1 Å². The van der Waals surface area contributed by atoms with E-state index in [1.807, 2.05) is 26.0 Å². The van der Waals surface area contributed by atoms with Crippen LogP contribution in [0, 0.1) is 5.92 Å². The number of piperazine rings is 1. The van der Waals surface area contributed by atoms with Gasteiger partial charge in [0, 0.05) is 59.2 Å². The molecule has 3 amide bonds. The van der Waals surface area contributed by atoms with Gasteiger partial charge in [0.2, 0.25) is 0 Å². The number of hydrogen-bond donors (Lipinski definition) is 2. The topological polar surface area (TPSA) is 81.8 Å². The zero-order chi connectivity index (χ0) is 27.2. The Morgan fingerprint density at radius 1 is 1.00 bits per heavy atom. The van der Waals surface area contributed by atoms with E-state index in [4.69, 9.17) is 11.6 Å². The molecule has 4 rings (SSSR count). The van der Waals surface area contributed by atoms with Crippen LogP contribution in [0.4, 0.5) is 5.69 Å². The molecule has 3 aromatic rings. The number of amides is 3. The van der Waals surface area contributed by atoms with Gasteiger partial charge in [0.25, 0.3) is 5.91 Å². The van der Waals surface area contributed by atoms with E-state index in [9.17, 15) is 14.4 Å². The fourth-order valence-corrected chi connectivity index (χ4v) is 5.58. The van der Waals surface area contributed by atoms with E-state index in [0.29, 0.717) is 44.3 Å². The van der Waals surface area contributed by atoms with Crippen molar-refractivity contribution in [1.29, 1.82) is 0 Å². The zero-order valence-corrected chi connectivity index (χ0v) is 24.5. The van der Waals surface area contributed by atoms with Crippen LogP contribution in [0.5, 0.6) is 0 Å². The van der Waals surface area contributed by atoms with Gasteiger partial charge >= 0.3 is 11.8 Å². The number of rotatable bonds is 7. The summed E-state index contributed by atoms with van der Waals surface area (Å²) >= 11 is 11.4. The highest BCUT2D eigenvalue weighted by Crippen LogP contribution is 2.30. The number of anilines is 1. The molecule has 2 N–H and O–H groups in total. The van der Waals surface area contributed by atoms with Gasteiger partial charge in [-0.25, -0.2) is 0 Å². The molecule has 1 aromatic heterocycles. The minimum atomic E-state index is -0.730. The molecule has 0 unspecified atom stereocenters. The van der Waals surface area contributed by atoms with Gasteiger partial charge in [-0.2, -0.15) is 0 Å². The predicted molar refractivity (Wildman–Crippen MR) is 157 cm³/mol. The fraction of sp³-hybridized carbons (Fsp3) is 0.321. The molecule has 1 fully saturated rings. The molecule has 1 saturated heterocycles. The molecular formula is C28H30BrClN4O3S. The first-order valence-electron chi connectivity index (χ1n) is 12.4. The lowest BCUT2D eigenvalue weighted by Crippen LogP contribution is -2.51. The molecule has 200 valence electrons. The second kappa shape index (κ2) is 12.9. The Kier molecular flexibility index (Phi) is 9.59. The Balaban J connectivity index is 1.28. The van der Waals surface area contributed by atoms with Crippen molar-refractivity contribution in [3.63, 3.8) is 0 Å². The minimum Gasteiger partial charge on any atom is -0.352 e. The van der Waals surface area contributed by atoms with Crippen LogP contribution in [-0.4, -0.2) is 60.2 Å². The van der Waals surface area contributed by atoms with E-state index in [1.54, 1.807) is 22.3 Å². The lowest BCUT2D eigenvalue weighted by atomic mass is 10.1. The summed E-state index contributed by atoms with van der Waals surface area (Å²) in [5, 5.41) is 5.70. The average molecular weight is 618 g/mol. The van der Waals surface area contributed by atoms with Crippen molar-refractivity contribution >= 4 is 62.3 Å². The van der Waals surface area contributed by atoms with E-state index in [0.717, 1.165) is 11.0 Å². The van der Waals surface area contributed by atoms with E-state index < -0.39 is 11.8 Å². The molecule has 38 heavy (non-hydrogen) atoms. The highest BCUT2D eigenvalue weighted by molar-refractivity contribution is 9.10. The molecule has 7 nitrogen and oxygen atoms in total. The maximum atomic E-state index is 12.8.